The van der Waals surface area contributed by atoms with E-state index in [-0.39, 0.29) is 10.4 Å². The molecule has 0 radical (unpaired) electrons. The molecule has 0 amide bonds. The van der Waals surface area contributed by atoms with Crippen molar-refractivity contribution in [1.29, 1.82) is 0 Å². The fourth-order valence-electron chi connectivity index (χ4n) is 2.44. The van der Waals surface area contributed by atoms with Crippen molar-refractivity contribution >= 4 is 56.9 Å². The largest absolute Gasteiger partial charge is 0.297 e. The minimum Gasteiger partial charge on any atom is -0.284 e. The summed E-state index contributed by atoms with van der Waals surface area (Å²) >= 11 is 0. The van der Waals surface area contributed by atoms with Gasteiger partial charge in [-0.15, -0.1) is 5.11 Å². The second-order valence-corrected chi connectivity index (χ2v) is 11.4. The van der Waals surface area contributed by atoms with Crippen LogP contribution in [0.2, 0.25) is 0 Å². The molecule has 0 fully saturated rings. The van der Waals surface area contributed by atoms with Gasteiger partial charge in [0.05, 0.1) is 0 Å². The van der Waals surface area contributed by atoms with Gasteiger partial charge in [0.15, 0.2) is 11.8 Å². The highest BCUT2D eigenvalue weighted by Crippen LogP contribution is 2.35. The first-order valence-corrected chi connectivity index (χ1v) is 13.6. The molecule has 2 aromatic carbocycles. The maximum atomic E-state index is 11.9. The van der Waals surface area contributed by atoms with E-state index >= 15 is 0 Å². The quantitative estimate of drug-likeness (QED) is 0.209. The number of benzene rings is 2. The fourth-order valence-corrected chi connectivity index (χ4v) is 5.13. The second-order valence-electron chi connectivity index (χ2n) is 5.83. The summed E-state index contributed by atoms with van der Waals surface area (Å²) in [6, 6.07) is 4.86. The molecule has 0 saturated carbocycles. The van der Waals surface area contributed by atoms with Crippen LogP contribution in [0.1, 0.15) is 0 Å². The van der Waals surface area contributed by atoms with Gasteiger partial charge in [-0.25, -0.2) is 5.01 Å². The molecule has 0 aliphatic carbocycles. The van der Waals surface area contributed by atoms with Gasteiger partial charge >= 0.3 is 0 Å². The smallest absolute Gasteiger partial charge is 0.284 e. The minimum atomic E-state index is -5.12. The van der Waals surface area contributed by atoms with E-state index in [1.165, 1.54) is 0 Å². The Morgan fingerprint density at radius 1 is 0.710 bits per heavy atom. The third kappa shape index (κ3) is 6.87. The van der Waals surface area contributed by atoms with E-state index in [1.54, 1.807) is 0 Å². The van der Waals surface area contributed by atoms with Crippen LogP contribution < -0.4 is 0 Å². The predicted octanol–water partition coefficient (Wildman–Crippen LogP) is 0.325. The fraction of sp³-hybridized carbons (Fsp3) is 0.167. The Hall–Kier alpha value is -2.26. The zero-order valence-corrected chi connectivity index (χ0v) is 18.1. The van der Waals surface area contributed by atoms with Crippen molar-refractivity contribution in [3.05, 3.63) is 30.3 Å². The molecule has 0 aromatic heterocycles. The van der Waals surface area contributed by atoms with Gasteiger partial charge in [0.1, 0.15) is 15.5 Å². The van der Waals surface area contributed by atoms with Crippen molar-refractivity contribution in [1.82, 2.24) is 5.01 Å². The highest BCUT2D eigenvalue weighted by molar-refractivity contribution is 7.87. The number of nitrogens with zero attached hydrogens (tertiary/aromatic N) is 3. The van der Waals surface area contributed by atoms with Crippen LogP contribution in [0, 0.1) is 0 Å². The van der Waals surface area contributed by atoms with Gasteiger partial charge in [0.2, 0.25) is 0 Å². The molecule has 0 aliphatic heterocycles. The summed E-state index contributed by atoms with van der Waals surface area (Å²) < 4.78 is 127. The van der Waals surface area contributed by atoms with Gasteiger partial charge in [0, 0.05) is 10.8 Å². The standard InChI is InChI=1S/C12H13N3O12S4/c16-28(17,18)6-15(7-29(19,20)21)14-13-10-5-4-8-9(12(10)31(25,26)27)2-1-3-11(8)30(22,23)24/h1-5H,6-7H2,(H,16,17,18)(H,19,20,21)(H,22,23,24)(H,25,26,27). The summed E-state index contributed by atoms with van der Waals surface area (Å²) in [6.45, 7) is 0. The zero-order chi connectivity index (χ0) is 23.8. The average Bonchev–Trinajstić information content (AvgIpc) is 2.53. The zero-order valence-electron chi connectivity index (χ0n) is 14.8. The van der Waals surface area contributed by atoms with Gasteiger partial charge in [-0.2, -0.15) is 33.7 Å². The van der Waals surface area contributed by atoms with E-state index in [0.717, 1.165) is 30.3 Å². The number of fused-ring (bicyclic) bond motifs is 1. The topological polar surface area (TPSA) is 245 Å². The predicted molar refractivity (Wildman–Crippen MR) is 103 cm³/mol. The van der Waals surface area contributed by atoms with Crippen molar-refractivity contribution in [3.8, 4) is 0 Å². The van der Waals surface area contributed by atoms with Crippen LogP contribution in [-0.4, -0.2) is 68.6 Å². The van der Waals surface area contributed by atoms with Crippen molar-refractivity contribution in [2.75, 3.05) is 11.8 Å². The summed E-state index contributed by atoms with van der Waals surface area (Å²) in [5, 5.41) is 5.78. The average molecular weight is 520 g/mol. The van der Waals surface area contributed by atoms with Crippen molar-refractivity contribution in [2.45, 2.75) is 9.79 Å². The third-order valence-corrected chi connectivity index (χ3v) is 6.50. The molecular weight excluding hydrogens is 506 g/mol. The lowest BCUT2D eigenvalue weighted by Crippen LogP contribution is -2.29. The molecule has 15 nitrogen and oxygen atoms in total. The van der Waals surface area contributed by atoms with Crippen LogP contribution in [0.4, 0.5) is 5.69 Å². The second kappa shape index (κ2) is 8.35. The van der Waals surface area contributed by atoms with E-state index in [0.29, 0.717) is 0 Å². The van der Waals surface area contributed by atoms with Crippen LogP contribution in [0.5, 0.6) is 0 Å². The third-order valence-electron chi connectivity index (χ3n) is 3.39. The Morgan fingerprint density at radius 2 is 1.26 bits per heavy atom. The van der Waals surface area contributed by atoms with Crippen LogP contribution in [0.3, 0.4) is 0 Å². The summed E-state index contributed by atoms with van der Waals surface area (Å²) in [4.78, 5) is -1.70. The molecule has 2 aromatic rings. The van der Waals surface area contributed by atoms with Crippen LogP contribution >= 0.6 is 0 Å². The van der Waals surface area contributed by atoms with Gasteiger partial charge in [-0.3, -0.25) is 18.2 Å². The van der Waals surface area contributed by atoms with E-state index < -0.39 is 73.1 Å². The first-order valence-electron chi connectivity index (χ1n) is 7.46. The summed E-state index contributed by atoms with van der Waals surface area (Å²) in [7, 11) is -19.6. The molecule has 0 spiro atoms. The Morgan fingerprint density at radius 3 is 1.71 bits per heavy atom. The number of rotatable bonds is 8. The maximum Gasteiger partial charge on any atom is 0.297 e. The molecule has 0 unspecified atom stereocenters. The molecule has 172 valence electrons. The van der Waals surface area contributed by atoms with Gasteiger partial charge < -0.3 is 0 Å². The van der Waals surface area contributed by atoms with Crippen molar-refractivity contribution < 1.29 is 51.9 Å². The van der Waals surface area contributed by atoms with E-state index in [1.807, 2.05) is 0 Å². The van der Waals surface area contributed by atoms with E-state index in [4.69, 9.17) is 9.11 Å². The summed E-state index contributed by atoms with van der Waals surface area (Å²) in [5.41, 5.74) is -0.696. The minimum absolute atomic E-state index is 0.0528. The Kier molecular flexibility index (Phi) is 6.73. The van der Waals surface area contributed by atoms with E-state index in [2.05, 4.69) is 10.3 Å². The van der Waals surface area contributed by atoms with Crippen LogP contribution in [-0.2, 0) is 40.5 Å². The first kappa shape index (κ1) is 25.0. The Labute approximate surface area is 176 Å². The maximum absolute atomic E-state index is 11.9. The molecule has 0 atom stereocenters. The molecule has 19 heteroatoms. The molecule has 4 N–H and O–H groups in total. The van der Waals surface area contributed by atoms with Crippen LogP contribution in [0.25, 0.3) is 10.8 Å². The highest BCUT2D eigenvalue weighted by Gasteiger charge is 2.24. The molecule has 0 heterocycles. The lowest BCUT2D eigenvalue weighted by atomic mass is 10.1. The monoisotopic (exact) mass is 519 g/mol. The van der Waals surface area contributed by atoms with Crippen molar-refractivity contribution in [2.24, 2.45) is 10.3 Å². The van der Waals surface area contributed by atoms with Gasteiger partial charge in [0.25, 0.3) is 40.5 Å². The van der Waals surface area contributed by atoms with Gasteiger partial charge in [-0.1, -0.05) is 23.4 Å². The lowest BCUT2D eigenvalue weighted by Gasteiger charge is -2.14. The summed E-state index contributed by atoms with van der Waals surface area (Å²) in [5.74, 6) is -2.92. The Bertz CT molecular complexity index is 1440. The molecule has 0 bridgehead atoms. The van der Waals surface area contributed by atoms with Crippen molar-refractivity contribution in [3.63, 3.8) is 0 Å². The molecular formula is C12H13N3O12S4. The normalized spacial score (nSPS) is 13.7. The Balaban J connectivity index is 2.74. The molecule has 2 rings (SSSR count). The van der Waals surface area contributed by atoms with Gasteiger partial charge in [-0.05, 0) is 12.1 Å². The van der Waals surface area contributed by atoms with Crippen LogP contribution in [0.15, 0.2) is 50.5 Å². The number of hydrogen-bond donors (Lipinski definition) is 4. The molecule has 0 saturated heterocycles. The van der Waals surface area contributed by atoms with E-state index in [9.17, 15) is 42.8 Å². The SMILES string of the molecule is O=S(=O)(O)CN(CS(=O)(=O)O)N=Nc1ccc2c(S(=O)(=O)O)cccc2c1S(=O)(=O)O. The number of hydrogen-bond acceptors (Lipinski definition) is 10. The lowest BCUT2D eigenvalue weighted by molar-refractivity contribution is 0.327. The molecule has 0 aliphatic rings. The molecule has 31 heavy (non-hydrogen) atoms. The summed E-state index contributed by atoms with van der Waals surface area (Å²) in [6.07, 6.45) is 0. The highest BCUT2D eigenvalue weighted by atomic mass is 32.2. The first-order chi connectivity index (χ1) is 13.9.